The van der Waals surface area contributed by atoms with Gasteiger partial charge in [0.25, 0.3) is 5.91 Å². The van der Waals surface area contributed by atoms with Crippen molar-refractivity contribution in [2.45, 2.75) is 48.5 Å². The van der Waals surface area contributed by atoms with Crippen LogP contribution in [0.5, 0.6) is 5.88 Å². The minimum absolute atomic E-state index is 0.0570. The number of nitrogens with zero attached hydrogens (tertiary/aromatic N) is 5. The molecular formula is C27H27N7O5S2. The lowest BCUT2D eigenvalue weighted by molar-refractivity contribution is -0.110. The highest BCUT2D eigenvalue weighted by atomic mass is 32.2. The van der Waals surface area contributed by atoms with Gasteiger partial charge in [-0.3, -0.25) is 10.1 Å². The smallest absolute Gasteiger partial charge is 0.280 e. The highest BCUT2D eigenvalue weighted by Crippen LogP contribution is 2.33. The normalized spacial score (nSPS) is 16.4. The van der Waals surface area contributed by atoms with Gasteiger partial charge in [0.15, 0.2) is 33.1 Å². The van der Waals surface area contributed by atoms with E-state index in [1.807, 2.05) is 6.07 Å². The fourth-order valence-electron chi connectivity index (χ4n) is 4.32. The van der Waals surface area contributed by atoms with Crippen LogP contribution in [0.25, 0.3) is 10.3 Å². The van der Waals surface area contributed by atoms with Gasteiger partial charge < -0.3 is 14.9 Å². The van der Waals surface area contributed by atoms with Crippen molar-refractivity contribution >= 4 is 48.3 Å². The monoisotopic (exact) mass is 593 g/mol. The Hall–Kier alpha value is -4.01. The highest BCUT2D eigenvalue weighted by molar-refractivity contribution is 7.92. The first-order valence-corrected chi connectivity index (χ1v) is 15.6. The second-order valence-electron chi connectivity index (χ2n) is 9.66. The van der Waals surface area contributed by atoms with Crippen LogP contribution in [0.1, 0.15) is 37.1 Å². The number of ether oxygens (including phenoxy) is 1. The maximum atomic E-state index is 13.4. The number of carbonyl (C=O) groups excluding carboxylic acids is 1. The van der Waals surface area contributed by atoms with Gasteiger partial charge in [-0.2, -0.15) is 0 Å². The molecule has 12 nitrogen and oxygen atoms in total. The molecule has 0 atom stereocenters. The van der Waals surface area contributed by atoms with Gasteiger partial charge in [-0.05, 0) is 63.0 Å². The average Bonchev–Trinajstić information content (AvgIpc) is 3.78. The summed E-state index contributed by atoms with van der Waals surface area (Å²) >= 11 is 1.21. The van der Waals surface area contributed by atoms with Crippen LogP contribution in [-0.2, 0) is 26.1 Å². The lowest BCUT2D eigenvalue weighted by Crippen LogP contribution is -2.34. The molecule has 212 valence electrons. The standard InChI is InChI=1S/C27H27N7O5S2/c35-25(33-27-31-21-8-9-23(32-26(21)40-27)39-18-10-14-28-15-11-18)24(34-38-16-22-29-12-1-13-30-22)17-2-4-19(5-3-17)41(36,37)20-6-7-20/h1-5,8-9,12-13,18,20,28H,6-7,10-11,14-16H2,(H,31,33,35)/b34-24+. The minimum atomic E-state index is -3.37. The molecule has 4 aromatic rings. The van der Waals surface area contributed by atoms with Gasteiger partial charge in [-0.15, -0.1) is 0 Å². The predicted octanol–water partition coefficient (Wildman–Crippen LogP) is 3.11. The molecule has 2 fully saturated rings. The molecule has 6 rings (SSSR count). The van der Waals surface area contributed by atoms with Crippen LogP contribution in [0, 0.1) is 0 Å². The highest BCUT2D eigenvalue weighted by Gasteiger charge is 2.36. The number of amides is 1. The fourth-order valence-corrected chi connectivity index (χ4v) is 6.80. The Kier molecular flexibility index (Phi) is 7.85. The van der Waals surface area contributed by atoms with Crippen LogP contribution in [-0.4, -0.2) is 64.4 Å². The minimum Gasteiger partial charge on any atom is -0.474 e. The molecular weight excluding hydrogens is 566 g/mol. The number of nitrogens with one attached hydrogen (secondary N) is 2. The van der Waals surface area contributed by atoms with E-state index in [1.165, 1.54) is 23.5 Å². The van der Waals surface area contributed by atoms with Gasteiger partial charge >= 0.3 is 0 Å². The summed E-state index contributed by atoms with van der Waals surface area (Å²) < 4.78 is 31.3. The molecule has 0 spiro atoms. The van der Waals surface area contributed by atoms with Crippen molar-refractivity contribution in [2.75, 3.05) is 18.4 Å². The van der Waals surface area contributed by atoms with Crippen molar-refractivity contribution < 1.29 is 22.8 Å². The Balaban J connectivity index is 1.21. The van der Waals surface area contributed by atoms with Gasteiger partial charge in [0.05, 0.1) is 10.1 Å². The van der Waals surface area contributed by atoms with E-state index in [-0.39, 0.29) is 28.6 Å². The molecule has 3 aromatic heterocycles. The van der Waals surface area contributed by atoms with Crippen LogP contribution >= 0.6 is 11.3 Å². The Morgan fingerprint density at radius 3 is 2.51 bits per heavy atom. The molecule has 1 amide bonds. The number of piperidine rings is 1. The molecule has 14 heteroatoms. The predicted molar refractivity (Wildman–Crippen MR) is 153 cm³/mol. The summed E-state index contributed by atoms with van der Waals surface area (Å²) in [7, 11) is -3.37. The van der Waals surface area contributed by atoms with E-state index in [0.29, 0.717) is 45.6 Å². The van der Waals surface area contributed by atoms with Crippen LogP contribution < -0.4 is 15.4 Å². The molecule has 0 unspecified atom stereocenters. The fraction of sp³-hybridized carbons (Fsp3) is 0.333. The average molecular weight is 594 g/mol. The van der Waals surface area contributed by atoms with E-state index in [0.717, 1.165) is 25.9 Å². The number of hydrogen-bond acceptors (Lipinski definition) is 12. The summed E-state index contributed by atoms with van der Waals surface area (Å²) in [5.41, 5.74) is 0.940. The van der Waals surface area contributed by atoms with Gasteiger partial charge in [0.2, 0.25) is 5.88 Å². The number of anilines is 1. The maximum Gasteiger partial charge on any atom is 0.280 e. The molecule has 2 aliphatic rings. The Morgan fingerprint density at radius 1 is 1.02 bits per heavy atom. The van der Waals surface area contributed by atoms with Crippen molar-refractivity contribution in [1.29, 1.82) is 0 Å². The van der Waals surface area contributed by atoms with Gasteiger partial charge in [0, 0.05) is 24.0 Å². The number of pyridine rings is 1. The molecule has 0 radical (unpaired) electrons. The van der Waals surface area contributed by atoms with Crippen LogP contribution in [0.2, 0.25) is 0 Å². The topological polar surface area (TPSA) is 158 Å². The first-order valence-electron chi connectivity index (χ1n) is 13.2. The van der Waals surface area contributed by atoms with Crippen LogP contribution in [0.3, 0.4) is 0 Å². The number of aromatic nitrogens is 4. The number of oxime groups is 1. The Labute approximate surface area is 240 Å². The van der Waals surface area contributed by atoms with Gasteiger partial charge in [-0.1, -0.05) is 28.6 Å². The number of sulfone groups is 1. The van der Waals surface area contributed by atoms with Crippen LogP contribution in [0.15, 0.2) is 64.9 Å². The quantitative estimate of drug-likeness (QED) is 0.207. The first-order chi connectivity index (χ1) is 20.0. The summed E-state index contributed by atoms with van der Waals surface area (Å²) in [5.74, 6) is 0.328. The Bertz CT molecular complexity index is 1670. The third kappa shape index (κ3) is 6.50. The second kappa shape index (κ2) is 11.8. The summed E-state index contributed by atoms with van der Waals surface area (Å²) in [6.07, 6.45) is 6.42. The summed E-state index contributed by atoms with van der Waals surface area (Å²) in [5, 5.41) is 10.1. The third-order valence-corrected chi connectivity index (χ3v) is 9.79. The van der Waals surface area contributed by atoms with E-state index in [9.17, 15) is 13.2 Å². The number of hydrogen-bond donors (Lipinski definition) is 2. The number of thiazole rings is 1. The SMILES string of the molecule is O=C(Nc1nc2ccc(OC3CCNCC3)nc2s1)/C(=N/OCc1ncccn1)c1ccc(S(=O)(=O)C2CC2)cc1. The zero-order valence-electron chi connectivity index (χ0n) is 21.9. The molecule has 1 saturated heterocycles. The lowest BCUT2D eigenvalue weighted by atomic mass is 10.1. The zero-order chi connectivity index (χ0) is 28.2. The second-order valence-corrected chi connectivity index (χ2v) is 12.9. The van der Waals surface area contributed by atoms with Gasteiger partial charge in [-0.25, -0.2) is 28.4 Å². The molecule has 41 heavy (non-hydrogen) atoms. The largest absolute Gasteiger partial charge is 0.474 e. The summed E-state index contributed by atoms with van der Waals surface area (Å²) in [6.45, 7) is 1.76. The molecule has 4 heterocycles. The van der Waals surface area contributed by atoms with Crippen LogP contribution in [0.4, 0.5) is 5.13 Å². The van der Waals surface area contributed by atoms with Crippen molar-refractivity contribution in [1.82, 2.24) is 25.3 Å². The third-order valence-electron chi connectivity index (χ3n) is 6.63. The van der Waals surface area contributed by atoms with Gasteiger partial charge in [0.1, 0.15) is 16.5 Å². The van der Waals surface area contributed by atoms with Crippen molar-refractivity contribution in [3.63, 3.8) is 0 Å². The first kappa shape index (κ1) is 27.2. The van der Waals surface area contributed by atoms with Crippen molar-refractivity contribution in [2.24, 2.45) is 5.16 Å². The van der Waals surface area contributed by atoms with Crippen molar-refractivity contribution in [3.05, 3.63) is 66.2 Å². The molecule has 2 N–H and O–H groups in total. The van der Waals surface area contributed by atoms with E-state index < -0.39 is 15.7 Å². The molecule has 1 aliphatic carbocycles. The number of carbonyl (C=O) groups is 1. The lowest BCUT2D eigenvalue weighted by Gasteiger charge is -2.23. The number of fused-ring (bicyclic) bond motifs is 1. The summed E-state index contributed by atoms with van der Waals surface area (Å²) in [4.78, 5) is 36.9. The number of benzene rings is 1. The number of rotatable bonds is 10. The molecule has 0 bridgehead atoms. The van der Waals surface area contributed by atoms with E-state index in [2.05, 4.69) is 35.7 Å². The molecule has 1 saturated carbocycles. The van der Waals surface area contributed by atoms with E-state index >= 15 is 0 Å². The maximum absolute atomic E-state index is 13.4. The molecule has 1 aromatic carbocycles. The Morgan fingerprint density at radius 2 is 1.78 bits per heavy atom. The molecule has 1 aliphatic heterocycles. The van der Waals surface area contributed by atoms with E-state index in [4.69, 9.17) is 9.57 Å². The van der Waals surface area contributed by atoms with E-state index in [1.54, 1.807) is 36.7 Å². The van der Waals surface area contributed by atoms with Crippen molar-refractivity contribution in [3.8, 4) is 5.88 Å². The zero-order valence-corrected chi connectivity index (χ0v) is 23.5. The summed E-state index contributed by atoms with van der Waals surface area (Å²) in [6, 6.07) is 11.3.